The summed E-state index contributed by atoms with van der Waals surface area (Å²) in [5, 5.41) is 9.61. The maximum absolute atomic E-state index is 10.5. The second-order valence-electron chi connectivity index (χ2n) is 3.17. The number of nitrogens with two attached hydrogens (primary N) is 1. The van der Waals surface area contributed by atoms with Crippen molar-refractivity contribution in [3.63, 3.8) is 0 Å². The maximum Gasteiger partial charge on any atom is 0.321 e. The molecule has 0 aliphatic heterocycles. The van der Waals surface area contributed by atoms with Crippen LogP contribution in [0.2, 0.25) is 10.0 Å². The number of carbonyl (C=O) groups is 1. The molecular weight excluding hydrogens is 269 g/mol. The van der Waals surface area contributed by atoms with E-state index in [0.717, 1.165) is 5.56 Å². The Kier molecular flexibility index (Phi) is 5.41. The molecule has 1 unspecified atom stereocenters. The van der Waals surface area contributed by atoms with Crippen LogP contribution in [0.1, 0.15) is 5.56 Å². The van der Waals surface area contributed by atoms with Gasteiger partial charge in [0.05, 0.1) is 10.0 Å². The molecule has 0 spiro atoms. The molecule has 1 rings (SSSR count). The fraction of sp³-hybridized carbons (Fsp3) is 0.300. The number of carboxylic acids is 1. The number of thioether (sulfide) groups is 1. The minimum atomic E-state index is -0.996. The Bertz CT molecular complexity index is 387. The molecule has 0 aliphatic rings. The highest BCUT2D eigenvalue weighted by molar-refractivity contribution is 7.98. The van der Waals surface area contributed by atoms with Crippen LogP contribution < -0.4 is 5.73 Å². The van der Waals surface area contributed by atoms with Crippen molar-refractivity contribution in [2.24, 2.45) is 5.73 Å². The standard InChI is InChI=1S/C10H11Cl2NO2S/c11-7-3-1-2-6(9(7)12)4-16-5-8(13)10(14)15/h1-3,8H,4-5,13H2,(H,14,15). The van der Waals surface area contributed by atoms with E-state index < -0.39 is 12.0 Å². The molecule has 16 heavy (non-hydrogen) atoms. The molecular formula is C10H11Cl2NO2S. The fourth-order valence-corrected chi connectivity index (χ4v) is 2.47. The minimum Gasteiger partial charge on any atom is -0.480 e. The summed E-state index contributed by atoms with van der Waals surface area (Å²) in [7, 11) is 0. The van der Waals surface area contributed by atoms with Crippen LogP contribution in [-0.4, -0.2) is 22.9 Å². The Morgan fingerprint density at radius 3 is 2.81 bits per heavy atom. The third-order valence-corrected chi connectivity index (χ3v) is 3.87. The van der Waals surface area contributed by atoms with Gasteiger partial charge in [-0.3, -0.25) is 4.79 Å². The van der Waals surface area contributed by atoms with Crippen molar-refractivity contribution >= 4 is 40.9 Å². The lowest BCUT2D eigenvalue weighted by atomic mass is 10.2. The molecule has 0 aliphatic carbocycles. The predicted molar refractivity (Wildman–Crippen MR) is 68.2 cm³/mol. The quantitative estimate of drug-likeness (QED) is 0.870. The van der Waals surface area contributed by atoms with Crippen LogP contribution in [0.25, 0.3) is 0 Å². The molecule has 3 nitrogen and oxygen atoms in total. The molecule has 1 aromatic carbocycles. The molecule has 0 amide bonds. The largest absolute Gasteiger partial charge is 0.480 e. The average molecular weight is 280 g/mol. The molecule has 88 valence electrons. The molecule has 0 radical (unpaired) electrons. The summed E-state index contributed by atoms with van der Waals surface area (Å²) >= 11 is 13.2. The summed E-state index contributed by atoms with van der Waals surface area (Å²) in [6, 6.07) is 4.53. The van der Waals surface area contributed by atoms with Crippen LogP contribution >= 0.6 is 35.0 Å². The number of halogens is 2. The van der Waals surface area contributed by atoms with Gasteiger partial charge in [0.15, 0.2) is 0 Å². The monoisotopic (exact) mass is 279 g/mol. The van der Waals surface area contributed by atoms with Crippen LogP contribution in [0.5, 0.6) is 0 Å². The Hall–Kier alpha value is -0.420. The van der Waals surface area contributed by atoms with Gasteiger partial charge in [-0.15, -0.1) is 0 Å². The van der Waals surface area contributed by atoms with E-state index in [1.807, 2.05) is 6.07 Å². The van der Waals surface area contributed by atoms with Crippen molar-refractivity contribution in [3.05, 3.63) is 33.8 Å². The van der Waals surface area contributed by atoms with Crippen LogP contribution in [-0.2, 0) is 10.5 Å². The number of hydrogen-bond acceptors (Lipinski definition) is 3. The van der Waals surface area contributed by atoms with Crippen molar-refractivity contribution in [1.82, 2.24) is 0 Å². The van der Waals surface area contributed by atoms with Gasteiger partial charge in [-0.05, 0) is 11.6 Å². The lowest BCUT2D eigenvalue weighted by Crippen LogP contribution is -2.32. The Labute approximate surface area is 108 Å². The van der Waals surface area contributed by atoms with E-state index in [9.17, 15) is 4.79 Å². The normalized spacial score (nSPS) is 12.4. The van der Waals surface area contributed by atoms with Crippen molar-refractivity contribution < 1.29 is 9.90 Å². The first-order valence-corrected chi connectivity index (χ1v) is 6.42. The first-order valence-electron chi connectivity index (χ1n) is 4.51. The molecule has 0 saturated heterocycles. The second kappa shape index (κ2) is 6.35. The number of aliphatic carboxylic acids is 1. The second-order valence-corrected chi connectivity index (χ2v) is 4.99. The maximum atomic E-state index is 10.5. The van der Waals surface area contributed by atoms with Crippen molar-refractivity contribution in [3.8, 4) is 0 Å². The van der Waals surface area contributed by atoms with Gasteiger partial charge in [0.2, 0.25) is 0 Å². The average Bonchev–Trinajstić information content (AvgIpc) is 2.24. The number of carboxylic acid groups (broad SMARTS) is 1. The van der Waals surface area contributed by atoms with E-state index in [0.29, 0.717) is 21.6 Å². The SMILES string of the molecule is NC(CSCc1cccc(Cl)c1Cl)C(=O)O. The zero-order valence-electron chi connectivity index (χ0n) is 8.32. The van der Waals surface area contributed by atoms with Crippen molar-refractivity contribution in [2.75, 3.05) is 5.75 Å². The summed E-state index contributed by atoms with van der Waals surface area (Å²) in [5.41, 5.74) is 6.26. The van der Waals surface area contributed by atoms with E-state index in [2.05, 4.69) is 0 Å². The highest BCUT2D eigenvalue weighted by Gasteiger charge is 2.11. The molecule has 0 fully saturated rings. The summed E-state index contributed by atoms with van der Waals surface area (Å²) in [6.45, 7) is 0. The molecule has 0 heterocycles. The molecule has 1 atom stereocenters. The first-order chi connectivity index (χ1) is 7.52. The third-order valence-electron chi connectivity index (χ3n) is 1.90. The molecule has 6 heteroatoms. The molecule has 0 saturated carbocycles. The number of benzene rings is 1. The van der Waals surface area contributed by atoms with E-state index in [1.165, 1.54) is 11.8 Å². The zero-order valence-corrected chi connectivity index (χ0v) is 10.6. The van der Waals surface area contributed by atoms with Crippen LogP contribution in [0, 0.1) is 0 Å². The van der Waals surface area contributed by atoms with E-state index in [-0.39, 0.29) is 0 Å². The van der Waals surface area contributed by atoms with E-state index in [4.69, 9.17) is 34.0 Å². The van der Waals surface area contributed by atoms with E-state index in [1.54, 1.807) is 12.1 Å². The van der Waals surface area contributed by atoms with Gasteiger partial charge in [-0.1, -0.05) is 35.3 Å². The van der Waals surface area contributed by atoms with Gasteiger partial charge in [0, 0.05) is 11.5 Å². The molecule has 0 bridgehead atoms. The lowest BCUT2D eigenvalue weighted by molar-refractivity contribution is -0.137. The number of rotatable bonds is 5. The first kappa shape index (κ1) is 13.6. The highest BCUT2D eigenvalue weighted by Crippen LogP contribution is 2.28. The minimum absolute atomic E-state index is 0.345. The summed E-state index contributed by atoms with van der Waals surface area (Å²) in [4.78, 5) is 10.5. The van der Waals surface area contributed by atoms with Gasteiger partial charge < -0.3 is 10.8 Å². The summed E-state index contributed by atoms with van der Waals surface area (Å²) in [6.07, 6.45) is 0. The number of hydrogen-bond donors (Lipinski definition) is 2. The van der Waals surface area contributed by atoms with Gasteiger partial charge in [0.25, 0.3) is 0 Å². The van der Waals surface area contributed by atoms with Gasteiger partial charge in [-0.2, -0.15) is 11.8 Å². The van der Waals surface area contributed by atoms with Gasteiger partial charge in [-0.25, -0.2) is 0 Å². The molecule has 3 N–H and O–H groups in total. The Balaban J connectivity index is 2.49. The fourth-order valence-electron chi connectivity index (χ4n) is 1.03. The van der Waals surface area contributed by atoms with Gasteiger partial charge >= 0.3 is 5.97 Å². The Morgan fingerprint density at radius 1 is 1.50 bits per heavy atom. The lowest BCUT2D eigenvalue weighted by Gasteiger charge is -2.07. The highest BCUT2D eigenvalue weighted by atomic mass is 35.5. The third kappa shape index (κ3) is 3.87. The van der Waals surface area contributed by atoms with Crippen LogP contribution in [0.4, 0.5) is 0 Å². The van der Waals surface area contributed by atoms with E-state index >= 15 is 0 Å². The van der Waals surface area contributed by atoms with Crippen molar-refractivity contribution in [1.29, 1.82) is 0 Å². The topological polar surface area (TPSA) is 63.3 Å². The zero-order chi connectivity index (χ0) is 12.1. The van der Waals surface area contributed by atoms with Gasteiger partial charge in [0.1, 0.15) is 6.04 Å². The van der Waals surface area contributed by atoms with Crippen LogP contribution in [0.15, 0.2) is 18.2 Å². The Morgan fingerprint density at radius 2 is 2.19 bits per heavy atom. The summed E-state index contributed by atoms with van der Waals surface area (Å²) < 4.78 is 0. The van der Waals surface area contributed by atoms with Crippen LogP contribution in [0.3, 0.4) is 0 Å². The predicted octanol–water partition coefficient (Wildman–Crippen LogP) is 2.64. The van der Waals surface area contributed by atoms with Crippen molar-refractivity contribution in [2.45, 2.75) is 11.8 Å². The smallest absolute Gasteiger partial charge is 0.321 e. The summed E-state index contributed by atoms with van der Waals surface area (Å²) in [5.74, 6) is -0.0527. The molecule has 0 aromatic heterocycles. The molecule has 1 aromatic rings.